The molecule has 0 atom stereocenters. The van der Waals surface area contributed by atoms with Crippen LogP contribution in [-0.4, -0.2) is 12.5 Å². The molecular formula is C11H9F4NO. The van der Waals surface area contributed by atoms with Crippen LogP contribution in [0.5, 0.6) is 0 Å². The quantitative estimate of drug-likeness (QED) is 0.698. The van der Waals surface area contributed by atoms with Crippen molar-refractivity contribution in [1.29, 1.82) is 0 Å². The summed E-state index contributed by atoms with van der Waals surface area (Å²) in [7, 11) is 0. The van der Waals surface area contributed by atoms with Crippen molar-refractivity contribution in [1.82, 2.24) is 0 Å². The Morgan fingerprint density at radius 3 is 2.41 bits per heavy atom. The molecule has 0 unspecified atom stereocenters. The van der Waals surface area contributed by atoms with Gasteiger partial charge in [0, 0.05) is 13.0 Å². The third-order valence-electron chi connectivity index (χ3n) is 2.64. The summed E-state index contributed by atoms with van der Waals surface area (Å²) in [6, 6.07) is 2.20. The molecule has 2 rings (SSSR count). The summed E-state index contributed by atoms with van der Waals surface area (Å²) in [5, 5.41) is 0. The first kappa shape index (κ1) is 11.9. The van der Waals surface area contributed by atoms with E-state index in [1.165, 1.54) is 4.90 Å². The van der Waals surface area contributed by atoms with Crippen LogP contribution in [-0.2, 0) is 11.0 Å². The number of amides is 1. The van der Waals surface area contributed by atoms with Gasteiger partial charge in [0.25, 0.3) is 0 Å². The number of hydrogen-bond donors (Lipinski definition) is 0. The molecule has 1 saturated heterocycles. The number of alkyl halides is 3. The average Bonchev–Trinajstić information content (AvgIpc) is 2.63. The van der Waals surface area contributed by atoms with Crippen LogP contribution in [0.15, 0.2) is 18.2 Å². The Hall–Kier alpha value is -1.59. The van der Waals surface area contributed by atoms with Crippen LogP contribution in [0.3, 0.4) is 0 Å². The Morgan fingerprint density at radius 2 is 1.94 bits per heavy atom. The third-order valence-corrected chi connectivity index (χ3v) is 2.64. The second-order valence-corrected chi connectivity index (χ2v) is 3.81. The van der Waals surface area contributed by atoms with Crippen LogP contribution in [0.25, 0.3) is 0 Å². The van der Waals surface area contributed by atoms with Crippen LogP contribution in [0.4, 0.5) is 23.2 Å². The van der Waals surface area contributed by atoms with Crippen LogP contribution in [0, 0.1) is 5.82 Å². The number of rotatable bonds is 1. The average molecular weight is 247 g/mol. The number of nitrogens with zero attached hydrogens (tertiary/aromatic N) is 1. The maximum atomic E-state index is 13.5. The monoisotopic (exact) mass is 247 g/mol. The topological polar surface area (TPSA) is 20.3 Å². The first-order chi connectivity index (χ1) is 7.89. The lowest BCUT2D eigenvalue weighted by Gasteiger charge is -2.17. The molecule has 1 fully saturated rings. The molecule has 0 bridgehead atoms. The molecule has 2 nitrogen and oxygen atoms in total. The van der Waals surface area contributed by atoms with Crippen molar-refractivity contribution in [3.8, 4) is 0 Å². The van der Waals surface area contributed by atoms with Gasteiger partial charge in [-0.2, -0.15) is 13.2 Å². The van der Waals surface area contributed by atoms with E-state index in [0.29, 0.717) is 25.5 Å². The van der Waals surface area contributed by atoms with Crippen LogP contribution >= 0.6 is 0 Å². The fourth-order valence-electron chi connectivity index (χ4n) is 1.80. The van der Waals surface area contributed by atoms with Crippen molar-refractivity contribution in [2.45, 2.75) is 19.0 Å². The Morgan fingerprint density at radius 1 is 1.24 bits per heavy atom. The van der Waals surface area contributed by atoms with E-state index < -0.39 is 17.6 Å². The predicted octanol–water partition coefficient (Wildman–Crippen LogP) is 2.97. The molecular weight excluding hydrogens is 238 g/mol. The summed E-state index contributed by atoms with van der Waals surface area (Å²) in [5.41, 5.74) is -1.13. The molecule has 0 aromatic heterocycles. The molecule has 1 amide bonds. The highest BCUT2D eigenvalue weighted by Gasteiger charge is 2.32. The van der Waals surface area contributed by atoms with E-state index in [2.05, 4.69) is 0 Å². The van der Waals surface area contributed by atoms with E-state index in [0.717, 1.165) is 12.1 Å². The van der Waals surface area contributed by atoms with E-state index in [1.54, 1.807) is 0 Å². The molecule has 92 valence electrons. The molecule has 0 N–H and O–H groups in total. The SMILES string of the molecule is O=C1CCCN1c1ccc(C(F)(F)F)cc1F. The lowest BCUT2D eigenvalue weighted by atomic mass is 10.2. The molecule has 0 spiro atoms. The first-order valence-electron chi connectivity index (χ1n) is 5.07. The second-order valence-electron chi connectivity index (χ2n) is 3.81. The first-order valence-corrected chi connectivity index (χ1v) is 5.07. The van der Waals surface area contributed by atoms with Gasteiger partial charge in [-0.15, -0.1) is 0 Å². The predicted molar refractivity (Wildman–Crippen MR) is 53.0 cm³/mol. The molecule has 0 saturated carbocycles. The summed E-state index contributed by atoms with van der Waals surface area (Å²) in [6.07, 6.45) is -3.67. The van der Waals surface area contributed by atoms with Gasteiger partial charge in [0.15, 0.2) is 0 Å². The zero-order chi connectivity index (χ0) is 12.6. The molecule has 1 heterocycles. The van der Waals surface area contributed by atoms with Gasteiger partial charge >= 0.3 is 6.18 Å². The molecule has 0 aliphatic carbocycles. The van der Waals surface area contributed by atoms with Gasteiger partial charge in [-0.1, -0.05) is 0 Å². The summed E-state index contributed by atoms with van der Waals surface area (Å²) in [6.45, 7) is 0.348. The standard InChI is InChI=1S/C11H9F4NO/c12-8-6-7(11(13,14)15)3-4-9(8)16-5-1-2-10(16)17/h3-4,6H,1-2,5H2. The van der Waals surface area contributed by atoms with Crippen LogP contribution in [0.2, 0.25) is 0 Å². The van der Waals surface area contributed by atoms with Gasteiger partial charge in [0.1, 0.15) is 5.82 Å². The number of anilines is 1. The van der Waals surface area contributed by atoms with Gasteiger partial charge < -0.3 is 4.90 Å². The third kappa shape index (κ3) is 2.25. The molecule has 6 heteroatoms. The number of carbonyl (C=O) groups excluding carboxylic acids is 1. The van der Waals surface area contributed by atoms with Crippen molar-refractivity contribution in [3.05, 3.63) is 29.6 Å². The molecule has 0 radical (unpaired) electrons. The highest BCUT2D eigenvalue weighted by molar-refractivity contribution is 5.95. The minimum absolute atomic E-state index is 0.0829. The molecule has 1 aromatic rings. The Bertz CT molecular complexity index is 455. The lowest BCUT2D eigenvalue weighted by molar-refractivity contribution is -0.137. The van der Waals surface area contributed by atoms with E-state index >= 15 is 0 Å². The fourth-order valence-corrected chi connectivity index (χ4v) is 1.80. The van der Waals surface area contributed by atoms with Gasteiger partial charge in [0.05, 0.1) is 11.3 Å². The van der Waals surface area contributed by atoms with Crippen molar-refractivity contribution >= 4 is 11.6 Å². The highest BCUT2D eigenvalue weighted by atomic mass is 19.4. The van der Waals surface area contributed by atoms with Crippen molar-refractivity contribution < 1.29 is 22.4 Å². The fraction of sp³-hybridized carbons (Fsp3) is 0.364. The minimum atomic E-state index is -4.58. The molecule has 17 heavy (non-hydrogen) atoms. The summed E-state index contributed by atoms with van der Waals surface area (Å²) < 4.78 is 50.4. The van der Waals surface area contributed by atoms with Crippen LogP contribution < -0.4 is 4.90 Å². The van der Waals surface area contributed by atoms with Crippen molar-refractivity contribution in [2.24, 2.45) is 0 Å². The number of hydrogen-bond acceptors (Lipinski definition) is 1. The van der Waals surface area contributed by atoms with Crippen LogP contribution in [0.1, 0.15) is 18.4 Å². The Balaban J connectivity index is 2.35. The normalized spacial score (nSPS) is 16.7. The zero-order valence-corrected chi connectivity index (χ0v) is 8.72. The highest BCUT2D eigenvalue weighted by Crippen LogP contribution is 2.33. The van der Waals surface area contributed by atoms with Gasteiger partial charge in [-0.05, 0) is 24.6 Å². The molecule has 1 aliphatic heterocycles. The Labute approximate surface area is 94.8 Å². The summed E-state index contributed by atoms with van der Waals surface area (Å²) in [4.78, 5) is 12.5. The van der Waals surface area contributed by atoms with Crippen molar-refractivity contribution in [2.75, 3.05) is 11.4 Å². The van der Waals surface area contributed by atoms with Gasteiger partial charge in [-0.25, -0.2) is 4.39 Å². The minimum Gasteiger partial charge on any atom is -0.310 e. The number of halogens is 4. The Kier molecular flexibility index (Phi) is 2.81. The number of carbonyl (C=O) groups is 1. The number of benzene rings is 1. The van der Waals surface area contributed by atoms with Gasteiger partial charge in [0.2, 0.25) is 5.91 Å². The van der Waals surface area contributed by atoms with Gasteiger partial charge in [-0.3, -0.25) is 4.79 Å². The molecule has 1 aromatic carbocycles. The van der Waals surface area contributed by atoms with E-state index in [-0.39, 0.29) is 11.6 Å². The lowest BCUT2D eigenvalue weighted by Crippen LogP contribution is -2.25. The van der Waals surface area contributed by atoms with E-state index in [4.69, 9.17) is 0 Å². The summed E-state index contributed by atoms with van der Waals surface area (Å²) in [5.74, 6) is -1.28. The smallest absolute Gasteiger partial charge is 0.310 e. The maximum Gasteiger partial charge on any atom is 0.416 e. The second kappa shape index (κ2) is 4.01. The maximum absolute atomic E-state index is 13.5. The molecule has 1 aliphatic rings. The zero-order valence-electron chi connectivity index (χ0n) is 8.72. The van der Waals surface area contributed by atoms with E-state index in [1.807, 2.05) is 0 Å². The summed E-state index contributed by atoms with van der Waals surface area (Å²) >= 11 is 0. The van der Waals surface area contributed by atoms with E-state index in [9.17, 15) is 22.4 Å². The largest absolute Gasteiger partial charge is 0.416 e. The van der Waals surface area contributed by atoms with Crippen molar-refractivity contribution in [3.63, 3.8) is 0 Å².